The second-order valence-corrected chi connectivity index (χ2v) is 9.12. The quantitative estimate of drug-likeness (QED) is 0.425. The van der Waals surface area contributed by atoms with Crippen LogP contribution in [-0.2, 0) is 17.7 Å². The SMILES string of the molecule is C[C@H]1COCCN1c1nc(-c2ccc(Nc3nccc(=O)[nH]3)cc2)nc2c1CCN(c1ncccn1)C2. The van der Waals surface area contributed by atoms with Crippen LogP contribution in [0, 0.1) is 0 Å². The number of nitrogens with zero attached hydrogens (tertiary/aromatic N) is 7. The summed E-state index contributed by atoms with van der Waals surface area (Å²) in [5.41, 5.74) is 3.66. The maximum Gasteiger partial charge on any atom is 0.252 e. The van der Waals surface area contributed by atoms with Crippen molar-refractivity contribution < 1.29 is 4.74 Å². The van der Waals surface area contributed by atoms with Crippen molar-refractivity contribution in [2.75, 3.05) is 41.4 Å². The lowest BCUT2D eigenvalue weighted by molar-refractivity contribution is 0.0984. The molecule has 11 nitrogen and oxygen atoms in total. The van der Waals surface area contributed by atoms with E-state index in [0.717, 1.165) is 42.3 Å². The normalized spacial score (nSPS) is 17.4. The molecule has 2 aliphatic rings. The number of hydrogen-bond donors (Lipinski definition) is 2. The molecule has 4 aromatic rings. The molecule has 0 unspecified atom stereocenters. The molecule has 2 aliphatic heterocycles. The number of anilines is 4. The van der Waals surface area contributed by atoms with Crippen LogP contribution >= 0.6 is 0 Å². The second kappa shape index (κ2) is 9.94. The topological polar surface area (TPSA) is 125 Å². The predicted molar refractivity (Wildman–Crippen MR) is 140 cm³/mol. The Bertz CT molecular complexity index is 1440. The molecule has 1 fully saturated rings. The Morgan fingerprint density at radius 1 is 1.03 bits per heavy atom. The first-order valence-corrected chi connectivity index (χ1v) is 12.3. The minimum atomic E-state index is -0.212. The van der Waals surface area contributed by atoms with Gasteiger partial charge in [0.05, 0.1) is 31.5 Å². The molecule has 0 amide bonds. The van der Waals surface area contributed by atoms with Crippen molar-refractivity contribution >= 4 is 23.4 Å². The molecule has 5 heterocycles. The van der Waals surface area contributed by atoms with Gasteiger partial charge in [-0.2, -0.15) is 0 Å². The van der Waals surface area contributed by atoms with Gasteiger partial charge in [-0.25, -0.2) is 24.9 Å². The monoisotopic (exact) mass is 497 g/mol. The van der Waals surface area contributed by atoms with E-state index in [9.17, 15) is 4.79 Å². The Labute approximate surface area is 213 Å². The van der Waals surface area contributed by atoms with Gasteiger partial charge < -0.3 is 19.9 Å². The van der Waals surface area contributed by atoms with E-state index in [1.54, 1.807) is 12.4 Å². The molecule has 1 aromatic carbocycles. The van der Waals surface area contributed by atoms with Crippen LogP contribution in [0.4, 0.5) is 23.4 Å². The summed E-state index contributed by atoms with van der Waals surface area (Å²) in [5.74, 6) is 2.74. The number of aromatic amines is 1. The van der Waals surface area contributed by atoms with Crippen molar-refractivity contribution in [3.05, 3.63) is 76.6 Å². The molecule has 2 N–H and O–H groups in total. The minimum Gasteiger partial charge on any atom is -0.377 e. The van der Waals surface area contributed by atoms with Gasteiger partial charge in [0.15, 0.2) is 5.82 Å². The van der Waals surface area contributed by atoms with E-state index in [-0.39, 0.29) is 11.6 Å². The summed E-state index contributed by atoms with van der Waals surface area (Å²) >= 11 is 0. The average molecular weight is 498 g/mol. The lowest BCUT2D eigenvalue weighted by Gasteiger charge is -2.37. The Balaban J connectivity index is 1.35. The summed E-state index contributed by atoms with van der Waals surface area (Å²) in [4.78, 5) is 41.9. The van der Waals surface area contributed by atoms with E-state index >= 15 is 0 Å². The van der Waals surface area contributed by atoms with Gasteiger partial charge in [0.2, 0.25) is 11.9 Å². The van der Waals surface area contributed by atoms with Crippen LogP contribution in [0.3, 0.4) is 0 Å². The standard InChI is InChI=1S/C26H27N9O2/c1-17-16-37-14-13-35(17)24-20-8-12-34(26-28-9-2-10-29-26)15-21(20)31-23(33-24)18-3-5-19(6-4-18)30-25-27-11-7-22(36)32-25/h2-7,9-11,17H,8,12-16H2,1H3,(H2,27,30,32,36)/t17-/m0/s1. The van der Waals surface area contributed by atoms with Gasteiger partial charge in [-0.1, -0.05) is 0 Å². The zero-order valence-corrected chi connectivity index (χ0v) is 20.5. The molecule has 0 bridgehead atoms. The van der Waals surface area contributed by atoms with Gasteiger partial charge in [-0.3, -0.25) is 9.78 Å². The molecule has 11 heteroatoms. The zero-order valence-electron chi connectivity index (χ0n) is 20.5. The molecule has 0 saturated carbocycles. The van der Waals surface area contributed by atoms with Crippen molar-refractivity contribution in [3.8, 4) is 11.4 Å². The van der Waals surface area contributed by atoms with Crippen LogP contribution in [0.15, 0.2) is 59.8 Å². The molecule has 1 saturated heterocycles. The highest BCUT2D eigenvalue weighted by molar-refractivity contribution is 5.65. The Hall–Kier alpha value is -4.38. The summed E-state index contributed by atoms with van der Waals surface area (Å²) in [6.07, 6.45) is 5.81. The van der Waals surface area contributed by atoms with E-state index < -0.39 is 0 Å². The number of ether oxygens (including phenoxy) is 1. The van der Waals surface area contributed by atoms with Crippen LogP contribution in [0.25, 0.3) is 11.4 Å². The number of H-pyrrole nitrogens is 1. The molecule has 1 atom stereocenters. The van der Waals surface area contributed by atoms with Crippen molar-refractivity contribution in [1.82, 2.24) is 29.9 Å². The fourth-order valence-electron chi connectivity index (χ4n) is 4.72. The molecule has 37 heavy (non-hydrogen) atoms. The Morgan fingerprint density at radius 2 is 1.86 bits per heavy atom. The van der Waals surface area contributed by atoms with Gasteiger partial charge in [-0.15, -0.1) is 0 Å². The van der Waals surface area contributed by atoms with E-state index in [0.29, 0.717) is 37.5 Å². The second-order valence-electron chi connectivity index (χ2n) is 9.12. The highest BCUT2D eigenvalue weighted by atomic mass is 16.5. The average Bonchev–Trinajstić information content (AvgIpc) is 2.93. The fourth-order valence-corrected chi connectivity index (χ4v) is 4.72. The van der Waals surface area contributed by atoms with Gasteiger partial charge in [0.1, 0.15) is 5.82 Å². The number of hydrogen-bond acceptors (Lipinski definition) is 10. The Kier molecular flexibility index (Phi) is 6.19. The molecule has 0 aliphatic carbocycles. The molecule has 188 valence electrons. The highest BCUT2D eigenvalue weighted by Gasteiger charge is 2.29. The van der Waals surface area contributed by atoms with Crippen LogP contribution in [0.2, 0.25) is 0 Å². The summed E-state index contributed by atoms with van der Waals surface area (Å²) in [5, 5.41) is 3.12. The first-order chi connectivity index (χ1) is 18.1. The molecular weight excluding hydrogens is 470 g/mol. The number of morpholine rings is 1. The minimum absolute atomic E-state index is 0.212. The summed E-state index contributed by atoms with van der Waals surface area (Å²) in [7, 11) is 0. The molecule has 3 aromatic heterocycles. The van der Waals surface area contributed by atoms with Gasteiger partial charge >= 0.3 is 0 Å². The van der Waals surface area contributed by atoms with E-state index in [1.807, 2.05) is 30.3 Å². The van der Waals surface area contributed by atoms with Crippen LogP contribution in [0.1, 0.15) is 18.2 Å². The van der Waals surface area contributed by atoms with Crippen LogP contribution < -0.4 is 20.7 Å². The van der Waals surface area contributed by atoms with Gasteiger partial charge in [-0.05, 0) is 43.7 Å². The van der Waals surface area contributed by atoms with Gasteiger partial charge in [0.25, 0.3) is 5.56 Å². The lowest BCUT2D eigenvalue weighted by Crippen LogP contribution is -2.45. The third-order valence-electron chi connectivity index (χ3n) is 6.59. The number of benzene rings is 1. The molecule has 6 rings (SSSR count). The number of fused-ring (bicyclic) bond motifs is 1. The van der Waals surface area contributed by atoms with Crippen LogP contribution in [-0.4, -0.2) is 62.2 Å². The predicted octanol–water partition coefficient (Wildman–Crippen LogP) is 2.55. The summed E-state index contributed by atoms with van der Waals surface area (Å²) in [6.45, 7) is 5.74. The molecule has 0 spiro atoms. The first-order valence-electron chi connectivity index (χ1n) is 12.3. The van der Waals surface area contributed by atoms with Crippen molar-refractivity contribution in [2.45, 2.75) is 25.9 Å². The lowest BCUT2D eigenvalue weighted by atomic mass is 10.0. The first kappa shape index (κ1) is 23.0. The summed E-state index contributed by atoms with van der Waals surface area (Å²) in [6, 6.07) is 11.2. The molecular formula is C26H27N9O2. The fraction of sp³-hybridized carbons (Fsp3) is 0.308. The highest BCUT2D eigenvalue weighted by Crippen LogP contribution is 2.32. The third-order valence-corrected chi connectivity index (χ3v) is 6.59. The van der Waals surface area contributed by atoms with Crippen molar-refractivity contribution in [1.29, 1.82) is 0 Å². The number of aromatic nitrogens is 6. The van der Waals surface area contributed by atoms with E-state index in [2.05, 4.69) is 42.0 Å². The maximum absolute atomic E-state index is 11.6. The van der Waals surface area contributed by atoms with E-state index in [4.69, 9.17) is 14.7 Å². The van der Waals surface area contributed by atoms with Crippen molar-refractivity contribution in [3.63, 3.8) is 0 Å². The van der Waals surface area contributed by atoms with Crippen LogP contribution in [0.5, 0.6) is 0 Å². The van der Waals surface area contributed by atoms with Gasteiger partial charge in [0, 0.05) is 54.6 Å². The summed E-state index contributed by atoms with van der Waals surface area (Å²) < 4.78 is 5.69. The number of rotatable bonds is 5. The third kappa shape index (κ3) is 4.85. The Morgan fingerprint density at radius 3 is 2.65 bits per heavy atom. The van der Waals surface area contributed by atoms with E-state index in [1.165, 1.54) is 17.8 Å². The smallest absolute Gasteiger partial charge is 0.252 e. The molecule has 0 radical (unpaired) electrons. The van der Waals surface area contributed by atoms with Crippen molar-refractivity contribution in [2.24, 2.45) is 0 Å². The largest absolute Gasteiger partial charge is 0.377 e. The zero-order chi connectivity index (χ0) is 25.2. The number of nitrogens with one attached hydrogen (secondary N) is 2. The maximum atomic E-state index is 11.6.